The van der Waals surface area contributed by atoms with Gasteiger partial charge in [-0.2, -0.15) is 0 Å². The third kappa shape index (κ3) is 4.11. The lowest BCUT2D eigenvalue weighted by molar-refractivity contribution is 0.435. The molecule has 1 aliphatic rings. The number of aromatic nitrogens is 2. The minimum absolute atomic E-state index is 0.0634. The van der Waals surface area contributed by atoms with Gasteiger partial charge in [0.15, 0.2) is 0 Å². The highest BCUT2D eigenvalue weighted by molar-refractivity contribution is 5.53. The Hall–Kier alpha value is -3.38. The van der Waals surface area contributed by atoms with Gasteiger partial charge in [-0.05, 0) is 17.0 Å². The van der Waals surface area contributed by atoms with Gasteiger partial charge in [0.05, 0.1) is 5.56 Å². The summed E-state index contributed by atoms with van der Waals surface area (Å²) in [6.45, 7) is 3.30. The van der Waals surface area contributed by atoms with Crippen LogP contribution in [-0.2, 0) is 27.2 Å². The molecular weight excluding hydrogens is 388 g/mol. The molecule has 1 aliphatic heterocycles. The predicted octanol–water partition coefficient (Wildman–Crippen LogP) is 3.08. The van der Waals surface area contributed by atoms with Crippen molar-refractivity contribution in [3.63, 3.8) is 0 Å². The zero-order chi connectivity index (χ0) is 22.0. The van der Waals surface area contributed by atoms with Crippen LogP contribution >= 0.6 is 0 Å². The average molecular weight is 417 g/mol. The van der Waals surface area contributed by atoms with Crippen LogP contribution in [0.25, 0.3) is 0 Å². The molecule has 2 unspecified atom stereocenters. The van der Waals surface area contributed by atoms with Crippen molar-refractivity contribution in [2.24, 2.45) is 20.0 Å². The van der Waals surface area contributed by atoms with E-state index in [4.69, 9.17) is 0 Å². The van der Waals surface area contributed by atoms with E-state index in [9.17, 15) is 9.59 Å². The fourth-order valence-corrected chi connectivity index (χ4v) is 4.18. The Morgan fingerprint density at radius 3 is 2.13 bits per heavy atom. The Kier molecular flexibility index (Phi) is 5.91. The van der Waals surface area contributed by atoms with Crippen LogP contribution < -0.4 is 21.5 Å². The third-order valence-corrected chi connectivity index (χ3v) is 5.91. The molecule has 1 N–H and O–H groups in total. The smallest absolute Gasteiger partial charge is 0.330 e. The summed E-state index contributed by atoms with van der Waals surface area (Å²) < 4.78 is 2.79. The highest BCUT2D eigenvalue weighted by Crippen LogP contribution is 2.33. The molecule has 4 rings (SSSR count). The van der Waals surface area contributed by atoms with Crippen LogP contribution in [0.15, 0.2) is 82.5 Å². The van der Waals surface area contributed by atoms with Crippen LogP contribution in [0.2, 0.25) is 0 Å². The highest BCUT2D eigenvalue weighted by Gasteiger charge is 2.31. The van der Waals surface area contributed by atoms with Crippen molar-refractivity contribution >= 4 is 5.82 Å². The average Bonchev–Trinajstić information content (AvgIpc) is 2.93. The van der Waals surface area contributed by atoms with E-state index in [-0.39, 0.29) is 23.2 Å². The third-order valence-electron chi connectivity index (χ3n) is 5.91. The van der Waals surface area contributed by atoms with Crippen molar-refractivity contribution < 1.29 is 0 Å². The summed E-state index contributed by atoms with van der Waals surface area (Å²) in [6.07, 6.45) is 4.11. The molecule has 0 bridgehead atoms. The van der Waals surface area contributed by atoms with Crippen LogP contribution in [0.1, 0.15) is 29.7 Å². The van der Waals surface area contributed by atoms with Gasteiger partial charge in [0.25, 0.3) is 5.56 Å². The Morgan fingerprint density at radius 1 is 0.871 bits per heavy atom. The number of nitrogens with zero attached hydrogens (tertiary/aromatic N) is 3. The first-order chi connectivity index (χ1) is 15.0. The molecule has 0 amide bonds. The van der Waals surface area contributed by atoms with Crippen molar-refractivity contribution in [1.82, 2.24) is 14.5 Å². The number of rotatable bonds is 5. The number of hydrogen-bond donors (Lipinski definition) is 1. The van der Waals surface area contributed by atoms with E-state index < -0.39 is 0 Å². The molecule has 0 aliphatic carbocycles. The van der Waals surface area contributed by atoms with Crippen molar-refractivity contribution in [1.29, 1.82) is 0 Å². The second kappa shape index (κ2) is 8.78. The number of nitrogens with one attached hydrogen (secondary N) is 1. The van der Waals surface area contributed by atoms with Crippen molar-refractivity contribution in [2.75, 3.05) is 4.90 Å². The van der Waals surface area contributed by atoms with E-state index >= 15 is 0 Å². The van der Waals surface area contributed by atoms with Crippen LogP contribution in [0.4, 0.5) is 5.82 Å². The maximum absolute atomic E-state index is 13.4. The molecule has 2 atom stereocenters. The normalized spacial score (nSPS) is 18.0. The molecule has 6 heteroatoms. The lowest BCUT2D eigenvalue weighted by Crippen LogP contribution is -2.44. The van der Waals surface area contributed by atoms with Gasteiger partial charge in [-0.25, -0.2) is 4.79 Å². The van der Waals surface area contributed by atoms with E-state index in [0.29, 0.717) is 24.5 Å². The Labute approximate surface area is 182 Å². The van der Waals surface area contributed by atoms with E-state index in [1.54, 1.807) is 18.7 Å². The van der Waals surface area contributed by atoms with Crippen molar-refractivity contribution in [3.05, 3.63) is 110 Å². The van der Waals surface area contributed by atoms with Crippen LogP contribution in [0.5, 0.6) is 0 Å². The summed E-state index contributed by atoms with van der Waals surface area (Å²) in [7, 11) is 3.28. The van der Waals surface area contributed by atoms with Gasteiger partial charge in [-0.1, -0.05) is 73.7 Å². The summed E-state index contributed by atoms with van der Waals surface area (Å²) in [5.41, 5.74) is 2.29. The summed E-state index contributed by atoms with van der Waals surface area (Å²) in [5, 5.41) is 3.58. The molecule has 2 heterocycles. The van der Waals surface area contributed by atoms with Crippen LogP contribution in [0.3, 0.4) is 0 Å². The van der Waals surface area contributed by atoms with E-state index in [2.05, 4.69) is 30.4 Å². The van der Waals surface area contributed by atoms with Crippen molar-refractivity contribution in [3.8, 4) is 0 Å². The zero-order valence-electron chi connectivity index (χ0n) is 18.2. The summed E-state index contributed by atoms with van der Waals surface area (Å²) in [6, 6.07) is 20.0. The number of fused-ring (bicyclic) bond motifs is 1. The lowest BCUT2D eigenvalue weighted by atomic mass is 9.95. The standard InChI is InChI=1S/C25H28N4O2/c1-18-14-15-29(17-20-12-8-5-9-13-20)23-21(24(30)28(3)25(31)27(23)2)22(18)26-16-19-10-6-4-7-11-19/h4-15,18,22,26H,16-17H2,1-3H3. The number of hydrogen-bond acceptors (Lipinski definition) is 4. The van der Waals surface area contributed by atoms with Crippen molar-refractivity contribution in [2.45, 2.75) is 26.1 Å². The monoisotopic (exact) mass is 416 g/mol. The fraction of sp³-hybridized carbons (Fsp3) is 0.280. The molecule has 2 aromatic carbocycles. The Balaban J connectivity index is 1.81. The molecule has 31 heavy (non-hydrogen) atoms. The molecule has 0 fully saturated rings. The SMILES string of the molecule is CC1C=CN(Cc2ccccc2)c2c(c(=O)n(C)c(=O)n2C)C1NCc1ccccc1. The van der Waals surface area contributed by atoms with E-state index in [1.807, 2.05) is 59.6 Å². The maximum Gasteiger partial charge on any atom is 0.332 e. The number of benzene rings is 2. The zero-order valence-corrected chi connectivity index (χ0v) is 18.2. The summed E-state index contributed by atoms with van der Waals surface area (Å²) in [5.74, 6) is 0.705. The summed E-state index contributed by atoms with van der Waals surface area (Å²) >= 11 is 0. The van der Waals surface area contributed by atoms with Gasteiger partial charge < -0.3 is 10.2 Å². The van der Waals surface area contributed by atoms with Gasteiger partial charge in [0, 0.05) is 39.4 Å². The molecule has 0 saturated heterocycles. The van der Waals surface area contributed by atoms with Gasteiger partial charge in [0.1, 0.15) is 5.82 Å². The first-order valence-electron chi connectivity index (χ1n) is 10.5. The second-order valence-corrected chi connectivity index (χ2v) is 8.10. The number of anilines is 1. The Morgan fingerprint density at radius 2 is 1.48 bits per heavy atom. The first kappa shape index (κ1) is 20.9. The minimum atomic E-state index is -0.327. The first-order valence-corrected chi connectivity index (χ1v) is 10.5. The summed E-state index contributed by atoms with van der Waals surface area (Å²) in [4.78, 5) is 28.2. The topological polar surface area (TPSA) is 59.3 Å². The van der Waals surface area contributed by atoms with Gasteiger partial charge in [0.2, 0.25) is 0 Å². The molecule has 3 aromatic rings. The Bertz CT molecular complexity index is 1200. The highest BCUT2D eigenvalue weighted by atomic mass is 16.2. The largest absolute Gasteiger partial charge is 0.332 e. The molecule has 1 aromatic heterocycles. The van der Waals surface area contributed by atoms with Crippen LogP contribution in [-0.4, -0.2) is 9.13 Å². The second-order valence-electron chi connectivity index (χ2n) is 8.10. The van der Waals surface area contributed by atoms with Gasteiger partial charge in [-0.3, -0.25) is 13.9 Å². The minimum Gasteiger partial charge on any atom is -0.330 e. The molecule has 160 valence electrons. The molecule has 0 spiro atoms. The van der Waals surface area contributed by atoms with Gasteiger partial charge >= 0.3 is 5.69 Å². The van der Waals surface area contributed by atoms with E-state index in [1.165, 1.54) is 4.57 Å². The maximum atomic E-state index is 13.4. The van der Waals surface area contributed by atoms with E-state index in [0.717, 1.165) is 11.1 Å². The quantitative estimate of drug-likeness (QED) is 0.695. The molecule has 0 radical (unpaired) electrons. The molecule has 6 nitrogen and oxygen atoms in total. The molecule has 0 saturated carbocycles. The lowest BCUT2D eigenvalue weighted by Gasteiger charge is -2.28. The van der Waals surface area contributed by atoms with Crippen LogP contribution in [0, 0.1) is 5.92 Å². The predicted molar refractivity (Wildman–Crippen MR) is 124 cm³/mol. The van der Waals surface area contributed by atoms with Gasteiger partial charge in [-0.15, -0.1) is 0 Å². The molecular formula is C25H28N4O2. The fourth-order valence-electron chi connectivity index (χ4n) is 4.18.